The number of carbonyl (C=O) groups excluding carboxylic acids is 1. The second-order valence-corrected chi connectivity index (χ2v) is 8.76. The molecule has 4 rings (SSSR count). The summed E-state index contributed by atoms with van der Waals surface area (Å²) in [6, 6.07) is 5.44. The number of carbonyl (C=O) groups is 1. The average molecular weight is 334 g/mol. The third-order valence-electron chi connectivity index (χ3n) is 5.13. The average Bonchev–Trinajstić information content (AvgIpc) is 3.26. The molecule has 124 valence electrons. The van der Waals surface area contributed by atoms with Crippen LogP contribution in [0.4, 0.5) is 0 Å². The van der Waals surface area contributed by atoms with Crippen LogP contribution in [0.3, 0.4) is 0 Å². The van der Waals surface area contributed by atoms with Gasteiger partial charge in [-0.3, -0.25) is 4.79 Å². The molecule has 0 spiro atoms. The van der Waals surface area contributed by atoms with E-state index in [4.69, 9.17) is 0 Å². The summed E-state index contributed by atoms with van der Waals surface area (Å²) in [6.45, 7) is 2.53. The number of nitrogens with zero attached hydrogens (tertiary/aromatic N) is 2. The zero-order valence-corrected chi connectivity index (χ0v) is 14.0. The van der Waals surface area contributed by atoms with E-state index in [0.717, 1.165) is 44.2 Å². The molecule has 0 unspecified atom stereocenters. The number of fused-ring (bicyclic) bond motifs is 1. The van der Waals surface area contributed by atoms with Crippen LogP contribution in [0.15, 0.2) is 23.1 Å². The van der Waals surface area contributed by atoms with Crippen LogP contribution < -0.4 is 0 Å². The number of hydrogen-bond donors (Lipinski definition) is 0. The van der Waals surface area contributed by atoms with Crippen LogP contribution in [0.25, 0.3) is 0 Å². The van der Waals surface area contributed by atoms with Crippen molar-refractivity contribution in [1.29, 1.82) is 0 Å². The molecule has 23 heavy (non-hydrogen) atoms. The van der Waals surface area contributed by atoms with Crippen molar-refractivity contribution in [3.8, 4) is 0 Å². The molecule has 0 N–H and O–H groups in total. The minimum absolute atomic E-state index is 0.216. The van der Waals surface area contributed by atoms with Gasteiger partial charge in [-0.25, -0.2) is 8.42 Å². The molecule has 0 aromatic heterocycles. The maximum absolute atomic E-state index is 12.7. The Morgan fingerprint density at radius 1 is 1.04 bits per heavy atom. The van der Waals surface area contributed by atoms with Crippen molar-refractivity contribution in [3.05, 3.63) is 29.3 Å². The molecule has 1 aromatic carbocycles. The number of benzene rings is 1. The zero-order chi connectivity index (χ0) is 16.0. The van der Waals surface area contributed by atoms with Crippen molar-refractivity contribution in [3.63, 3.8) is 0 Å². The SMILES string of the molecule is O=C(C1CC1)N1CCc2ccc(S(=O)(=O)N3CCCC3)cc2C1. The van der Waals surface area contributed by atoms with E-state index < -0.39 is 10.0 Å². The summed E-state index contributed by atoms with van der Waals surface area (Å²) in [7, 11) is -3.38. The summed E-state index contributed by atoms with van der Waals surface area (Å²) in [5.74, 6) is 0.455. The highest BCUT2D eigenvalue weighted by Gasteiger charge is 2.35. The van der Waals surface area contributed by atoms with Crippen molar-refractivity contribution < 1.29 is 13.2 Å². The monoisotopic (exact) mass is 334 g/mol. The van der Waals surface area contributed by atoms with E-state index in [0.29, 0.717) is 24.5 Å². The standard InChI is InChI=1S/C17H22N2O3S/c20-17(14-3-4-14)18-10-7-13-5-6-16(11-15(13)12-18)23(21,22)19-8-1-2-9-19/h5-6,11,14H,1-4,7-10,12H2. The van der Waals surface area contributed by atoms with Crippen molar-refractivity contribution >= 4 is 15.9 Å². The van der Waals surface area contributed by atoms with Crippen molar-refractivity contribution in [2.24, 2.45) is 5.92 Å². The van der Waals surface area contributed by atoms with Crippen LogP contribution >= 0.6 is 0 Å². The van der Waals surface area contributed by atoms with Crippen molar-refractivity contribution in [2.45, 2.75) is 43.5 Å². The Balaban J connectivity index is 1.60. The molecular formula is C17H22N2O3S. The first-order valence-electron chi connectivity index (χ1n) is 8.46. The largest absolute Gasteiger partial charge is 0.338 e. The van der Waals surface area contributed by atoms with E-state index >= 15 is 0 Å². The number of hydrogen-bond acceptors (Lipinski definition) is 3. The molecule has 1 amide bonds. The van der Waals surface area contributed by atoms with Gasteiger partial charge in [0.05, 0.1) is 4.90 Å². The molecule has 1 saturated heterocycles. The quantitative estimate of drug-likeness (QED) is 0.846. The van der Waals surface area contributed by atoms with Crippen molar-refractivity contribution in [1.82, 2.24) is 9.21 Å². The highest BCUT2D eigenvalue weighted by Crippen LogP contribution is 2.33. The van der Waals surface area contributed by atoms with Gasteiger partial charge >= 0.3 is 0 Å². The first kappa shape index (κ1) is 15.1. The number of amides is 1. The Bertz CT molecular complexity index is 734. The lowest BCUT2D eigenvalue weighted by Gasteiger charge is -2.29. The molecule has 2 heterocycles. The highest BCUT2D eigenvalue weighted by atomic mass is 32.2. The van der Waals surface area contributed by atoms with Crippen LogP contribution in [-0.4, -0.2) is 43.2 Å². The lowest BCUT2D eigenvalue weighted by atomic mass is 9.99. The van der Waals surface area contributed by atoms with Crippen LogP contribution in [0.1, 0.15) is 36.8 Å². The number of sulfonamides is 1. The molecule has 1 aromatic rings. The summed E-state index contributed by atoms with van der Waals surface area (Å²) < 4.78 is 27.0. The van der Waals surface area contributed by atoms with Crippen LogP contribution in [0.2, 0.25) is 0 Å². The Kier molecular flexibility index (Phi) is 3.69. The third-order valence-corrected chi connectivity index (χ3v) is 7.03. The summed E-state index contributed by atoms with van der Waals surface area (Å²) in [5, 5.41) is 0. The molecule has 0 atom stereocenters. The molecule has 0 bridgehead atoms. The van der Waals surface area contributed by atoms with Crippen LogP contribution in [0, 0.1) is 5.92 Å². The lowest BCUT2D eigenvalue weighted by molar-refractivity contribution is -0.133. The van der Waals surface area contributed by atoms with Gasteiger partial charge in [0.1, 0.15) is 0 Å². The fourth-order valence-corrected chi connectivity index (χ4v) is 5.12. The van der Waals surface area contributed by atoms with Gasteiger partial charge in [-0.15, -0.1) is 0 Å². The summed E-state index contributed by atoms with van der Waals surface area (Å²) in [5.41, 5.74) is 2.16. The minimum atomic E-state index is -3.38. The number of rotatable bonds is 3. The predicted octanol–water partition coefficient (Wildman–Crippen LogP) is 1.77. The first-order chi connectivity index (χ1) is 11.1. The van der Waals surface area contributed by atoms with E-state index in [9.17, 15) is 13.2 Å². The molecular weight excluding hydrogens is 312 g/mol. The maximum atomic E-state index is 12.7. The summed E-state index contributed by atoms with van der Waals surface area (Å²) >= 11 is 0. The molecule has 5 nitrogen and oxygen atoms in total. The Morgan fingerprint density at radius 2 is 1.78 bits per heavy atom. The van der Waals surface area contributed by atoms with E-state index in [1.54, 1.807) is 16.4 Å². The molecule has 1 saturated carbocycles. The van der Waals surface area contributed by atoms with E-state index in [1.807, 2.05) is 11.0 Å². The second-order valence-electron chi connectivity index (χ2n) is 6.83. The van der Waals surface area contributed by atoms with Gasteiger partial charge in [0, 0.05) is 32.1 Å². The molecule has 0 radical (unpaired) electrons. The third kappa shape index (κ3) is 2.78. The second kappa shape index (κ2) is 5.60. The maximum Gasteiger partial charge on any atom is 0.243 e. The van der Waals surface area contributed by atoms with Gasteiger partial charge < -0.3 is 4.90 Å². The Labute approximate surface area is 137 Å². The molecule has 2 fully saturated rings. The normalized spacial score (nSPS) is 22.2. The molecule has 3 aliphatic rings. The van der Waals surface area contributed by atoms with E-state index in [2.05, 4.69) is 0 Å². The molecule has 2 aliphatic heterocycles. The minimum Gasteiger partial charge on any atom is -0.338 e. The zero-order valence-electron chi connectivity index (χ0n) is 13.2. The van der Waals surface area contributed by atoms with Crippen molar-refractivity contribution in [2.75, 3.05) is 19.6 Å². The van der Waals surface area contributed by atoms with Gasteiger partial charge in [0.15, 0.2) is 0 Å². The van der Waals surface area contributed by atoms with Crippen LogP contribution in [-0.2, 0) is 27.8 Å². The topological polar surface area (TPSA) is 57.7 Å². The Morgan fingerprint density at radius 3 is 2.48 bits per heavy atom. The Hall–Kier alpha value is -1.40. The predicted molar refractivity (Wildman–Crippen MR) is 86.3 cm³/mol. The molecule has 1 aliphatic carbocycles. The van der Waals surface area contributed by atoms with Gasteiger partial charge in [0.2, 0.25) is 15.9 Å². The summed E-state index contributed by atoms with van der Waals surface area (Å²) in [4.78, 5) is 14.5. The fraction of sp³-hybridized carbons (Fsp3) is 0.588. The molecule has 6 heteroatoms. The van der Waals surface area contributed by atoms with E-state index in [-0.39, 0.29) is 11.8 Å². The van der Waals surface area contributed by atoms with Gasteiger partial charge in [0.25, 0.3) is 0 Å². The van der Waals surface area contributed by atoms with Gasteiger partial charge in [-0.2, -0.15) is 4.31 Å². The van der Waals surface area contributed by atoms with Crippen LogP contribution in [0.5, 0.6) is 0 Å². The van der Waals surface area contributed by atoms with Gasteiger partial charge in [-0.1, -0.05) is 6.07 Å². The first-order valence-corrected chi connectivity index (χ1v) is 9.90. The lowest BCUT2D eigenvalue weighted by Crippen LogP contribution is -2.37. The summed E-state index contributed by atoms with van der Waals surface area (Å²) in [6.07, 6.45) is 4.71. The smallest absolute Gasteiger partial charge is 0.243 e. The highest BCUT2D eigenvalue weighted by molar-refractivity contribution is 7.89. The van der Waals surface area contributed by atoms with E-state index in [1.165, 1.54) is 5.56 Å². The fourth-order valence-electron chi connectivity index (χ4n) is 3.55. The van der Waals surface area contributed by atoms with Gasteiger partial charge in [-0.05, 0) is 55.4 Å².